The third-order valence-electron chi connectivity index (χ3n) is 4.13. The van der Waals surface area contributed by atoms with Gasteiger partial charge in [-0.05, 0) is 17.7 Å². The molecule has 0 unspecified atom stereocenters. The molecular formula is C20H18ClN3O3. The summed E-state index contributed by atoms with van der Waals surface area (Å²) in [5.74, 6) is 1.00. The first-order valence-electron chi connectivity index (χ1n) is 8.67. The fraction of sp³-hybridized carbons (Fsp3) is 0.200. The summed E-state index contributed by atoms with van der Waals surface area (Å²) in [6.45, 7) is 1.15. The Balaban J connectivity index is 1.46. The predicted octanol–water partition coefficient (Wildman–Crippen LogP) is 3.87. The fourth-order valence-electron chi connectivity index (χ4n) is 2.83. The molecule has 6 nitrogen and oxygen atoms in total. The zero-order valence-corrected chi connectivity index (χ0v) is 15.3. The molecule has 0 fully saturated rings. The van der Waals surface area contributed by atoms with Crippen LogP contribution >= 0.6 is 11.6 Å². The zero-order chi connectivity index (χ0) is 18.6. The lowest BCUT2D eigenvalue weighted by Gasteiger charge is -2.12. The number of anilines is 1. The number of hydrogen-bond acceptors (Lipinski definition) is 4. The van der Waals surface area contributed by atoms with Crippen LogP contribution in [-0.2, 0) is 11.2 Å². The molecule has 0 spiro atoms. The van der Waals surface area contributed by atoms with Gasteiger partial charge in [0.25, 0.3) is 0 Å². The molecule has 1 aliphatic heterocycles. The third-order valence-corrected chi connectivity index (χ3v) is 4.45. The predicted molar refractivity (Wildman–Crippen MR) is 103 cm³/mol. The number of halogens is 1. The van der Waals surface area contributed by atoms with E-state index in [0.717, 1.165) is 17.7 Å². The second-order valence-corrected chi connectivity index (χ2v) is 6.59. The maximum atomic E-state index is 12.4. The fourth-order valence-corrected chi connectivity index (χ4v) is 3.03. The summed E-state index contributed by atoms with van der Waals surface area (Å²) in [5, 5.41) is 7.55. The van der Waals surface area contributed by atoms with Crippen molar-refractivity contribution < 1.29 is 14.3 Å². The molecule has 3 aromatic rings. The van der Waals surface area contributed by atoms with Crippen LogP contribution in [0, 0.1) is 0 Å². The SMILES string of the molecule is O=C(Cc1cnn(-c2ccccc2)c1)Nc1cc2c(cc1Cl)OCCCO2. The smallest absolute Gasteiger partial charge is 0.228 e. The van der Waals surface area contributed by atoms with Crippen LogP contribution in [0.5, 0.6) is 11.5 Å². The van der Waals surface area contributed by atoms with Gasteiger partial charge in [-0.15, -0.1) is 0 Å². The number of ether oxygens (including phenoxy) is 2. The first kappa shape index (κ1) is 17.4. The molecule has 0 saturated carbocycles. The van der Waals surface area contributed by atoms with Gasteiger partial charge in [0.15, 0.2) is 11.5 Å². The van der Waals surface area contributed by atoms with Crippen molar-refractivity contribution in [3.63, 3.8) is 0 Å². The van der Waals surface area contributed by atoms with Crippen molar-refractivity contribution in [2.75, 3.05) is 18.5 Å². The van der Waals surface area contributed by atoms with E-state index in [1.54, 1.807) is 23.0 Å². The Kier molecular flexibility index (Phi) is 4.98. The van der Waals surface area contributed by atoms with Gasteiger partial charge in [0.1, 0.15) is 0 Å². The van der Waals surface area contributed by atoms with E-state index in [9.17, 15) is 4.79 Å². The van der Waals surface area contributed by atoms with Crippen LogP contribution in [0.15, 0.2) is 54.9 Å². The van der Waals surface area contributed by atoms with Gasteiger partial charge in [-0.1, -0.05) is 29.8 Å². The Morgan fingerprint density at radius 2 is 1.89 bits per heavy atom. The molecule has 0 radical (unpaired) electrons. The van der Waals surface area contributed by atoms with Crippen molar-refractivity contribution >= 4 is 23.2 Å². The average Bonchev–Trinajstić information content (AvgIpc) is 3.01. The normalized spacial score (nSPS) is 13.1. The van der Waals surface area contributed by atoms with Crippen LogP contribution in [0.25, 0.3) is 5.69 Å². The summed E-state index contributed by atoms with van der Waals surface area (Å²) in [6, 6.07) is 13.1. The first-order chi connectivity index (χ1) is 13.2. The summed E-state index contributed by atoms with van der Waals surface area (Å²) < 4.78 is 13.0. The van der Waals surface area contributed by atoms with Crippen molar-refractivity contribution in [1.82, 2.24) is 9.78 Å². The standard InChI is InChI=1S/C20H18ClN3O3/c21-16-10-18-19(27-8-4-7-26-18)11-17(16)23-20(25)9-14-12-22-24(13-14)15-5-2-1-3-6-15/h1-3,5-6,10-13H,4,7-9H2,(H,23,25). The topological polar surface area (TPSA) is 65.4 Å². The highest BCUT2D eigenvalue weighted by atomic mass is 35.5. The Morgan fingerprint density at radius 3 is 2.67 bits per heavy atom. The monoisotopic (exact) mass is 383 g/mol. The summed E-state index contributed by atoms with van der Waals surface area (Å²) in [4.78, 5) is 12.4. The summed E-state index contributed by atoms with van der Waals surface area (Å²) in [5.41, 5.74) is 2.25. The Hall–Kier alpha value is -2.99. The number of nitrogens with one attached hydrogen (secondary N) is 1. The number of nitrogens with zero attached hydrogens (tertiary/aromatic N) is 2. The summed E-state index contributed by atoms with van der Waals surface area (Å²) in [7, 11) is 0. The Bertz CT molecular complexity index is 956. The molecule has 0 atom stereocenters. The molecule has 0 saturated heterocycles. The van der Waals surface area contributed by atoms with Gasteiger partial charge in [-0.3, -0.25) is 4.79 Å². The highest BCUT2D eigenvalue weighted by Gasteiger charge is 2.16. The molecule has 2 aromatic carbocycles. The lowest BCUT2D eigenvalue weighted by atomic mass is 10.2. The van der Waals surface area contributed by atoms with Gasteiger partial charge < -0.3 is 14.8 Å². The minimum absolute atomic E-state index is 0.181. The van der Waals surface area contributed by atoms with Crippen LogP contribution in [0.2, 0.25) is 5.02 Å². The average molecular weight is 384 g/mol. The number of carbonyl (C=O) groups is 1. The van der Waals surface area contributed by atoms with Gasteiger partial charge in [0, 0.05) is 24.8 Å². The van der Waals surface area contributed by atoms with Gasteiger partial charge in [-0.2, -0.15) is 5.10 Å². The second-order valence-electron chi connectivity index (χ2n) is 6.18. The number of aromatic nitrogens is 2. The van der Waals surface area contributed by atoms with Crippen LogP contribution in [0.4, 0.5) is 5.69 Å². The number of para-hydroxylation sites is 1. The van der Waals surface area contributed by atoms with Gasteiger partial charge in [0.2, 0.25) is 5.91 Å². The lowest BCUT2D eigenvalue weighted by molar-refractivity contribution is -0.115. The van der Waals surface area contributed by atoms with Gasteiger partial charge >= 0.3 is 0 Å². The highest BCUT2D eigenvalue weighted by Crippen LogP contribution is 2.37. The number of rotatable bonds is 4. The Labute approximate surface area is 161 Å². The summed E-state index contributed by atoms with van der Waals surface area (Å²) >= 11 is 6.28. The second kappa shape index (κ2) is 7.72. The van der Waals surface area contributed by atoms with Crippen molar-refractivity contribution in [1.29, 1.82) is 0 Å². The van der Waals surface area contributed by atoms with E-state index in [1.165, 1.54) is 0 Å². The van der Waals surface area contributed by atoms with Crippen LogP contribution < -0.4 is 14.8 Å². The number of amides is 1. The van der Waals surface area contributed by atoms with E-state index < -0.39 is 0 Å². The molecule has 27 heavy (non-hydrogen) atoms. The molecular weight excluding hydrogens is 366 g/mol. The van der Waals surface area contributed by atoms with Crippen LogP contribution in [-0.4, -0.2) is 28.9 Å². The maximum absolute atomic E-state index is 12.4. The van der Waals surface area contributed by atoms with E-state index >= 15 is 0 Å². The molecule has 0 aliphatic carbocycles. The van der Waals surface area contributed by atoms with Crippen LogP contribution in [0.3, 0.4) is 0 Å². The van der Waals surface area contributed by atoms with Gasteiger partial charge in [0.05, 0.1) is 42.2 Å². The summed E-state index contributed by atoms with van der Waals surface area (Å²) in [6.07, 6.45) is 4.52. The van der Waals surface area contributed by atoms with E-state index in [0.29, 0.717) is 35.4 Å². The molecule has 1 amide bonds. The number of benzene rings is 2. The van der Waals surface area contributed by atoms with Crippen molar-refractivity contribution in [2.24, 2.45) is 0 Å². The molecule has 1 aromatic heterocycles. The minimum atomic E-state index is -0.181. The minimum Gasteiger partial charge on any atom is -0.490 e. The zero-order valence-electron chi connectivity index (χ0n) is 14.5. The molecule has 4 rings (SSSR count). The van der Waals surface area contributed by atoms with Gasteiger partial charge in [-0.25, -0.2) is 4.68 Å². The Morgan fingerprint density at radius 1 is 1.15 bits per heavy atom. The van der Waals surface area contributed by atoms with E-state index in [4.69, 9.17) is 21.1 Å². The highest BCUT2D eigenvalue weighted by molar-refractivity contribution is 6.34. The van der Waals surface area contributed by atoms with Crippen molar-refractivity contribution in [3.8, 4) is 17.2 Å². The molecule has 0 bridgehead atoms. The number of fused-ring (bicyclic) bond motifs is 1. The van der Waals surface area contributed by atoms with Crippen molar-refractivity contribution in [3.05, 3.63) is 65.4 Å². The quantitative estimate of drug-likeness (QED) is 0.742. The van der Waals surface area contributed by atoms with E-state index in [-0.39, 0.29) is 12.3 Å². The molecule has 138 valence electrons. The molecule has 7 heteroatoms. The molecule has 2 heterocycles. The number of hydrogen-bond donors (Lipinski definition) is 1. The molecule has 1 aliphatic rings. The third kappa shape index (κ3) is 4.06. The largest absolute Gasteiger partial charge is 0.490 e. The lowest BCUT2D eigenvalue weighted by Crippen LogP contribution is -2.14. The van der Waals surface area contributed by atoms with E-state index in [2.05, 4.69) is 10.4 Å². The molecule has 1 N–H and O–H groups in total. The van der Waals surface area contributed by atoms with Crippen molar-refractivity contribution in [2.45, 2.75) is 12.8 Å². The van der Waals surface area contributed by atoms with E-state index in [1.807, 2.05) is 36.5 Å². The van der Waals surface area contributed by atoms with Crippen LogP contribution in [0.1, 0.15) is 12.0 Å². The first-order valence-corrected chi connectivity index (χ1v) is 9.05. The number of carbonyl (C=O) groups excluding carboxylic acids is 1. The maximum Gasteiger partial charge on any atom is 0.228 e.